The summed E-state index contributed by atoms with van der Waals surface area (Å²) in [4.78, 5) is 6.86. The van der Waals surface area contributed by atoms with Gasteiger partial charge in [0.1, 0.15) is 12.2 Å². The Hall–Kier alpha value is -1.43. The summed E-state index contributed by atoms with van der Waals surface area (Å²) in [6.45, 7) is 6.88. The maximum atomic E-state index is 6.03. The molecule has 2 aromatic rings. The lowest BCUT2D eigenvalue weighted by molar-refractivity contribution is 0.0374. The topological polar surface area (TPSA) is 43.2 Å². The van der Waals surface area contributed by atoms with E-state index in [9.17, 15) is 0 Å². The fourth-order valence-electron chi connectivity index (χ4n) is 2.78. The van der Waals surface area contributed by atoms with Crippen LogP contribution in [0, 0.1) is 6.92 Å². The molecule has 22 heavy (non-hydrogen) atoms. The first-order valence-corrected chi connectivity index (χ1v) is 8.07. The van der Waals surface area contributed by atoms with Crippen LogP contribution in [0.4, 0.5) is 0 Å². The highest BCUT2D eigenvalue weighted by Gasteiger charge is 2.12. The largest absolute Gasteiger partial charge is 0.379 e. The summed E-state index contributed by atoms with van der Waals surface area (Å²) in [5.41, 5.74) is 2.15. The molecule has 6 heteroatoms. The second-order valence-electron chi connectivity index (χ2n) is 5.58. The zero-order valence-corrected chi connectivity index (χ0v) is 13.6. The lowest BCUT2D eigenvalue weighted by Gasteiger charge is -2.26. The van der Waals surface area contributed by atoms with Crippen molar-refractivity contribution in [1.82, 2.24) is 19.7 Å². The zero-order valence-electron chi connectivity index (χ0n) is 12.8. The van der Waals surface area contributed by atoms with E-state index in [1.165, 1.54) is 0 Å². The third kappa shape index (κ3) is 3.66. The molecule has 1 aliphatic heterocycles. The molecular formula is C16H21ClN4O. The second kappa shape index (κ2) is 7.22. The normalized spacial score (nSPS) is 16.1. The van der Waals surface area contributed by atoms with Crippen molar-refractivity contribution in [3.8, 4) is 5.69 Å². The van der Waals surface area contributed by atoms with Crippen LogP contribution in [0.25, 0.3) is 5.69 Å². The Balaban J connectivity index is 1.64. The standard InChI is InChI=1S/C16H21ClN4O/c1-13-11-14(17)4-5-15(13)21-16(18-12-19-21)3-2-6-20-7-9-22-10-8-20/h4-5,11-12H,2-3,6-10H2,1H3. The SMILES string of the molecule is Cc1cc(Cl)ccc1-n1ncnc1CCCN1CCOCC1. The number of hydrogen-bond donors (Lipinski definition) is 0. The van der Waals surface area contributed by atoms with Gasteiger partial charge in [0.25, 0.3) is 0 Å². The molecule has 1 aromatic heterocycles. The molecule has 0 radical (unpaired) electrons. The Morgan fingerprint density at radius 3 is 2.86 bits per heavy atom. The summed E-state index contributed by atoms with van der Waals surface area (Å²) in [5.74, 6) is 0.999. The minimum Gasteiger partial charge on any atom is -0.379 e. The molecule has 0 aliphatic carbocycles. The van der Waals surface area contributed by atoms with Crippen LogP contribution >= 0.6 is 11.6 Å². The zero-order chi connectivity index (χ0) is 15.4. The number of hydrogen-bond acceptors (Lipinski definition) is 4. The molecule has 1 saturated heterocycles. The molecule has 0 spiro atoms. The van der Waals surface area contributed by atoms with Gasteiger partial charge in [-0.3, -0.25) is 4.90 Å². The fraction of sp³-hybridized carbons (Fsp3) is 0.500. The predicted octanol–water partition coefficient (Wildman–Crippen LogP) is 2.49. The molecule has 3 rings (SSSR count). The highest BCUT2D eigenvalue weighted by molar-refractivity contribution is 6.30. The van der Waals surface area contributed by atoms with Crippen molar-refractivity contribution < 1.29 is 4.74 Å². The van der Waals surface area contributed by atoms with Gasteiger partial charge >= 0.3 is 0 Å². The van der Waals surface area contributed by atoms with Gasteiger partial charge in [0.15, 0.2) is 0 Å². The number of aryl methyl sites for hydroxylation is 2. The summed E-state index contributed by atoms with van der Waals surface area (Å²) in [7, 11) is 0. The van der Waals surface area contributed by atoms with Crippen molar-refractivity contribution in [2.75, 3.05) is 32.8 Å². The summed E-state index contributed by atoms with van der Waals surface area (Å²) >= 11 is 6.03. The highest BCUT2D eigenvalue weighted by Crippen LogP contribution is 2.19. The van der Waals surface area contributed by atoms with Crippen molar-refractivity contribution in [3.05, 3.63) is 40.9 Å². The van der Waals surface area contributed by atoms with Crippen molar-refractivity contribution in [3.63, 3.8) is 0 Å². The van der Waals surface area contributed by atoms with E-state index in [0.717, 1.165) is 67.8 Å². The van der Waals surface area contributed by atoms with Gasteiger partial charge in [0, 0.05) is 24.5 Å². The van der Waals surface area contributed by atoms with Gasteiger partial charge in [0.05, 0.1) is 18.9 Å². The van der Waals surface area contributed by atoms with E-state index in [-0.39, 0.29) is 0 Å². The van der Waals surface area contributed by atoms with Gasteiger partial charge < -0.3 is 4.74 Å². The lowest BCUT2D eigenvalue weighted by atomic mass is 10.2. The first-order valence-electron chi connectivity index (χ1n) is 7.69. The summed E-state index contributed by atoms with van der Waals surface area (Å²) in [6, 6.07) is 5.84. The molecule has 0 amide bonds. The second-order valence-corrected chi connectivity index (χ2v) is 6.01. The van der Waals surface area contributed by atoms with Gasteiger partial charge in [-0.25, -0.2) is 9.67 Å². The number of morpholine rings is 1. The van der Waals surface area contributed by atoms with Gasteiger partial charge in [-0.05, 0) is 43.7 Å². The van der Waals surface area contributed by atoms with Crippen LogP contribution in [0.15, 0.2) is 24.5 Å². The number of aromatic nitrogens is 3. The van der Waals surface area contributed by atoms with Gasteiger partial charge in [-0.1, -0.05) is 11.6 Å². The van der Waals surface area contributed by atoms with Crippen molar-refractivity contribution in [1.29, 1.82) is 0 Å². The van der Waals surface area contributed by atoms with Gasteiger partial charge in [0.2, 0.25) is 0 Å². The summed E-state index contributed by atoms with van der Waals surface area (Å²) in [5, 5.41) is 5.12. The number of nitrogens with zero attached hydrogens (tertiary/aromatic N) is 4. The van der Waals surface area contributed by atoms with Gasteiger partial charge in [-0.2, -0.15) is 5.10 Å². The molecule has 5 nitrogen and oxygen atoms in total. The first kappa shape index (κ1) is 15.5. The van der Waals surface area contributed by atoms with Crippen LogP contribution in [0.1, 0.15) is 17.8 Å². The number of benzene rings is 1. The van der Waals surface area contributed by atoms with Gasteiger partial charge in [-0.15, -0.1) is 0 Å². The molecule has 1 aliphatic rings. The molecule has 1 aromatic carbocycles. The average molecular weight is 321 g/mol. The van der Waals surface area contributed by atoms with Crippen LogP contribution in [-0.2, 0) is 11.2 Å². The van der Waals surface area contributed by atoms with Crippen molar-refractivity contribution >= 4 is 11.6 Å². The Kier molecular flexibility index (Phi) is 5.08. The van der Waals surface area contributed by atoms with E-state index in [2.05, 4.69) is 15.0 Å². The van der Waals surface area contributed by atoms with E-state index in [1.807, 2.05) is 29.8 Å². The fourth-order valence-corrected chi connectivity index (χ4v) is 3.01. The number of halogens is 1. The molecule has 0 atom stereocenters. The smallest absolute Gasteiger partial charge is 0.138 e. The molecule has 1 fully saturated rings. The molecule has 0 N–H and O–H groups in total. The van der Waals surface area contributed by atoms with Crippen LogP contribution in [0.5, 0.6) is 0 Å². The molecule has 2 heterocycles. The van der Waals surface area contributed by atoms with Crippen LogP contribution in [0.2, 0.25) is 5.02 Å². The maximum Gasteiger partial charge on any atom is 0.138 e. The lowest BCUT2D eigenvalue weighted by Crippen LogP contribution is -2.37. The molecule has 118 valence electrons. The maximum absolute atomic E-state index is 6.03. The van der Waals surface area contributed by atoms with Crippen LogP contribution in [0.3, 0.4) is 0 Å². The minimum atomic E-state index is 0.746. The number of rotatable bonds is 5. The minimum absolute atomic E-state index is 0.746. The Morgan fingerprint density at radius 2 is 2.09 bits per heavy atom. The van der Waals surface area contributed by atoms with E-state index >= 15 is 0 Å². The van der Waals surface area contributed by atoms with E-state index in [1.54, 1.807) is 6.33 Å². The first-order chi connectivity index (χ1) is 10.7. The van der Waals surface area contributed by atoms with Crippen LogP contribution < -0.4 is 0 Å². The molecule has 0 unspecified atom stereocenters. The van der Waals surface area contributed by atoms with Crippen molar-refractivity contribution in [2.24, 2.45) is 0 Å². The molecular weight excluding hydrogens is 300 g/mol. The van der Waals surface area contributed by atoms with Crippen molar-refractivity contribution in [2.45, 2.75) is 19.8 Å². The molecule has 0 bridgehead atoms. The average Bonchev–Trinajstić information content (AvgIpc) is 2.97. The third-order valence-corrected chi connectivity index (χ3v) is 4.22. The number of ether oxygens (including phenoxy) is 1. The van der Waals surface area contributed by atoms with Crippen LogP contribution in [-0.4, -0.2) is 52.5 Å². The highest BCUT2D eigenvalue weighted by atomic mass is 35.5. The van der Waals surface area contributed by atoms with E-state index in [0.29, 0.717) is 0 Å². The Morgan fingerprint density at radius 1 is 1.27 bits per heavy atom. The predicted molar refractivity (Wildman–Crippen MR) is 86.7 cm³/mol. The Bertz CT molecular complexity index is 622. The van der Waals surface area contributed by atoms with E-state index in [4.69, 9.17) is 16.3 Å². The summed E-state index contributed by atoms with van der Waals surface area (Å²) < 4.78 is 7.29. The third-order valence-electron chi connectivity index (χ3n) is 3.98. The molecule has 0 saturated carbocycles. The summed E-state index contributed by atoms with van der Waals surface area (Å²) in [6.07, 6.45) is 3.61. The monoisotopic (exact) mass is 320 g/mol. The Labute approximate surface area is 135 Å². The quantitative estimate of drug-likeness (QED) is 0.849. The van der Waals surface area contributed by atoms with E-state index < -0.39 is 0 Å².